The number of nitrogens with one attached hydrogen (secondary N) is 2. The number of hydrogen-bond donors (Lipinski definition) is 2. The average Bonchev–Trinajstić information content (AvgIpc) is 2.52. The first-order valence-electron chi connectivity index (χ1n) is 7.86. The van der Waals surface area contributed by atoms with E-state index < -0.39 is 0 Å². The fraction of sp³-hybridized carbons (Fsp3) is 0.316. The van der Waals surface area contributed by atoms with Crippen molar-refractivity contribution in [1.29, 1.82) is 0 Å². The first-order valence-corrected chi connectivity index (χ1v) is 7.86. The number of quaternary nitrogens is 1. The Balaban J connectivity index is 1.75. The number of rotatable bonds is 7. The van der Waals surface area contributed by atoms with Crippen LogP contribution in [0.3, 0.4) is 0 Å². The molecule has 0 saturated heterocycles. The molecule has 2 rings (SSSR count). The van der Waals surface area contributed by atoms with Crippen molar-refractivity contribution in [2.24, 2.45) is 0 Å². The smallest absolute Gasteiger partial charge is 0.258 e. The maximum Gasteiger partial charge on any atom is 0.258 e. The van der Waals surface area contributed by atoms with Crippen molar-refractivity contribution in [1.82, 2.24) is 5.32 Å². The van der Waals surface area contributed by atoms with Gasteiger partial charge in [0.1, 0.15) is 12.3 Å². The van der Waals surface area contributed by atoms with E-state index >= 15 is 0 Å². The van der Waals surface area contributed by atoms with Crippen molar-refractivity contribution in [2.45, 2.75) is 20.0 Å². The standard InChI is InChI=1S/C19H24N2O2/c1-15-5-4-6-18(11-15)23-14-19(22)20-12-16-7-9-17(10-8-16)13-21(2)3/h4-11H,12-14H2,1-3H3,(H,20,22)/p+1. The van der Waals surface area contributed by atoms with E-state index in [0.717, 1.165) is 23.4 Å². The van der Waals surface area contributed by atoms with Gasteiger partial charge in [-0.15, -0.1) is 0 Å². The minimum Gasteiger partial charge on any atom is -0.484 e. The lowest BCUT2D eigenvalue weighted by Crippen LogP contribution is -3.04. The first-order chi connectivity index (χ1) is 11.0. The number of carbonyl (C=O) groups is 1. The van der Waals surface area contributed by atoms with Crippen LogP contribution in [0, 0.1) is 6.92 Å². The highest BCUT2D eigenvalue weighted by atomic mass is 16.5. The molecule has 0 bridgehead atoms. The fourth-order valence-electron chi connectivity index (χ4n) is 2.29. The van der Waals surface area contributed by atoms with Gasteiger partial charge in [-0.1, -0.05) is 36.4 Å². The predicted molar refractivity (Wildman–Crippen MR) is 91.5 cm³/mol. The van der Waals surface area contributed by atoms with Crippen LogP contribution in [0.4, 0.5) is 0 Å². The molecule has 122 valence electrons. The monoisotopic (exact) mass is 313 g/mol. The summed E-state index contributed by atoms with van der Waals surface area (Å²) < 4.78 is 5.49. The lowest BCUT2D eigenvalue weighted by atomic mass is 10.1. The van der Waals surface area contributed by atoms with Crippen molar-refractivity contribution in [2.75, 3.05) is 20.7 Å². The van der Waals surface area contributed by atoms with Gasteiger partial charge in [-0.05, 0) is 30.2 Å². The summed E-state index contributed by atoms with van der Waals surface area (Å²) in [5.41, 5.74) is 3.50. The van der Waals surface area contributed by atoms with Gasteiger partial charge >= 0.3 is 0 Å². The maximum atomic E-state index is 11.8. The first kappa shape index (κ1) is 17.0. The Morgan fingerprint density at radius 2 is 1.78 bits per heavy atom. The van der Waals surface area contributed by atoms with E-state index in [4.69, 9.17) is 4.74 Å². The lowest BCUT2D eigenvalue weighted by molar-refractivity contribution is -0.872. The van der Waals surface area contributed by atoms with Crippen molar-refractivity contribution in [3.8, 4) is 5.75 Å². The highest BCUT2D eigenvalue weighted by Crippen LogP contribution is 2.12. The minimum absolute atomic E-state index is 0.0333. The molecule has 0 aliphatic heterocycles. The van der Waals surface area contributed by atoms with E-state index in [1.165, 1.54) is 10.5 Å². The highest BCUT2D eigenvalue weighted by Gasteiger charge is 2.04. The van der Waals surface area contributed by atoms with Crippen molar-refractivity contribution in [3.63, 3.8) is 0 Å². The second-order valence-electron chi connectivity index (χ2n) is 6.08. The van der Waals surface area contributed by atoms with Crippen molar-refractivity contribution >= 4 is 5.91 Å². The highest BCUT2D eigenvalue weighted by molar-refractivity contribution is 5.77. The van der Waals surface area contributed by atoms with Gasteiger partial charge in [-0.25, -0.2) is 0 Å². The molecule has 0 aliphatic rings. The van der Waals surface area contributed by atoms with Crippen LogP contribution in [0.15, 0.2) is 48.5 Å². The summed E-state index contributed by atoms with van der Waals surface area (Å²) >= 11 is 0. The molecule has 4 heteroatoms. The van der Waals surface area contributed by atoms with E-state index in [-0.39, 0.29) is 12.5 Å². The van der Waals surface area contributed by atoms with Crippen LogP contribution in [0.25, 0.3) is 0 Å². The van der Waals surface area contributed by atoms with E-state index in [0.29, 0.717) is 6.54 Å². The summed E-state index contributed by atoms with van der Waals surface area (Å²) in [7, 11) is 4.25. The zero-order valence-corrected chi connectivity index (χ0v) is 14.1. The molecule has 0 fully saturated rings. The van der Waals surface area contributed by atoms with Gasteiger partial charge in [0.25, 0.3) is 5.91 Å². The van der Waals surface area contributed by atoms with Gasteiger partial charge in [-0.3, -0.25) is 4.79 Å². The normalized spacial score (nSPS) is 10.6. The molecular weight excluding hydrogens is 288 g/mol. The fourth-order valence-corrected chi connectivity index (χ4v) is 2.29. The molecule has 0 atom stereocenters. The Labute approximate surface area is 138 Å². The quantitative estimate of drug-likeness (QED) is 0.810. The van der Waals surface area contributed by atoms with E-state index in [1.807, 2.05) is 31.2 Å². The Bertz CT molecular complexity index is 636. The van der Waals surface area contributed by atoms with Crippen LogP contribution in [0.5, 0.6) is 5.75 Å². The molecule has 23 heavy (non-hydrogen) atoms. The Kier molecular flexibility index (Phi) is 6.18. The van der Waals surface area contributed by atoms with Gasteiger partial charge in [0.05, 0.1) is 14.1 Å². The molecule has 4 nitrogen and oxygen atoms in total. The Morgan fingerprint density at radius 3 is 2.43 bits per heavy atom. The lowest BCUT2D eigenvalue weighted by Gasteiger charge is -2.09. The van der Waals surface area contributed by atoms with Gasteiger partial charge < -0.3 is 15.0 Å². The summed E-state index contributed by atoms with van der Waals surface area (Å²) in [6.45, 7) is 3.54. The van der Waals surface area contributed by atoms with Crippen LogP contribution in [-0.2, 0) is 17.9 Å². The second-order valence-corrected chi connectivity index (χ2v) is 6.08. The molecule has 0 unspecified atom stereocenters. The summed E-state index contributed by atoms with van der Waals surface area (Å²) in [4.78, 5) is 13.2. The maximum absolute atomic E-state index is 11.8. The molecule has 2 N–H and O–H groups in total. The predicted octanol–water partition coefficient (Wildman–Crippen LogP) is 1.33. The second kappa shape index (κ2) is 8.34. The van der Waals surface area contributed by atoms with Crippen molar-refractivity contribution in [3.05, 3.63) is 65.2 Å². The number of carbonyl (C=O) groups excluding carboxylic acids is 1. The summed E-state index contributed by atoms with van der Waals surface area (Å²) in [6, 6.07) is 16.0. The van der Waals surface area contributed by atoms with E-state index in [2.05, 4.69) is 43.7 Å². The molecule has 0 saturated carbocycles. The van der Waals surface area contributed by atoms with Gasteiger partial charge in [0.15, 0.2) is 6.61 Å². The summed E-state index contributed by atoms with van der Waals surface area (Å²) in [5.74, 6) is 0.601. The zero-order valence-electron chi connectivity index (χ0n) is 14.1. The van der Waals surface area contributed by atoms with E-state index in [9.17, 15) is 4.79 Å². The van der Waals surface area contributed by atoms with Crippen LogP contribution < -0.4 is 15.0 Å². The third-order valence-corrected chi connectivity index (χ3v) is 3.43. The molecule has 0 radical (unpaired) electrons. The van der Waals surface area contributed by atoms with E-state index in [1.54, 1.807) is 0 Å². The van der Waals surface area contributed by atoms with Crippen LogP contribution in [0.2, 0.25) is 0 Å². The molecule has 1 amide bonds. The average molecular weight is 313 g/mol. The van der Waals surface area contributed by atoms with Gasteiger partial charge in [-0.2, -0.15) is 0 Å². The Hall–Kier alpha value is -2.33. The summed E-state index contributed by atoms with van der Waals surface area (Å²) in [5, 5.41) is 2.87. The SMILES string of the molecule is Cc1cccc(OCC(=O)NCc2ccc(C[NH+](C)C)cc2)c1. The third-order valence-electron chi connectivity index (χ3n) is 3.43. The van der Waals surface area contributed by atoms with Gasteiger partial charge in [0.2, 0.25) is 0 Å². The number of benzene rings is 2. The number of hydrogen-bond acceptors (Lipinski definition) is 2. The molecule has 0 spiro atoms. The largest absolute Gasteiger partial charge is 0.484 e. The Morgan fingerprint density at radius 1 is 1.09 bits per heavy atom. The van der Waals surface area contributed by atoms with Gasteiger partial charge in [0, 0.05) is 12.1 Å². The summed E-state index contributed by atoms with van der Waals surface area (Å²) in [6.07, 6.45) is 0. The molecule has 2 aromatic carbocycles. The number of ether oxygens (including phenoxy) is 1. The molecule has 0 aliphatic carbocycles. The molecule has 0 heterocycles. The molecule has 2 aromatic rings. The number of amides is 1. The number of aryl methyl sites for hydroxylation is 1. The minimum atomic E-state index is -0.117. The van der Waals surface area contributed by atoms with Crippen LogP contribution >= 0.6 is 0 Å². The van der Waals surface area contributed by atoms with Crippen LogP contribution in [0.1, 0.15) is 16.7 Å². The molecular formula is C19H25N2O2+. The zero-order chi connectivity index (χ0) is 16.7. The molecule has 0 aromatic heterocycles. The third kappa shape index (κ3) is 6.12. The topological polar surface area (TPSA) is 42.8 Å². The van der Waals surface area contributed by atoms with Crippen molar-refractivity contribution < 1.29 is 14.4 Å². The van der Waals surface area contributed by atoms with Crippen LogP contribution in [-0.4, -0.2) is 26.6 Å².